The molecule has 1 N–H and O–H groups in total. The standard InChI is InChI=1S/C25H31F2N3O3S/c26-21-6-9-23(27)24(18-21)34(32,33)30-16-11-20(12-17-30)25(31)28-13-10-19-4-7-22(8-5-19)29-14-2-1-3-15-29/h4-9,18,20H,1-3,10-17H2,(H,28,31). The molecule has 0 radical (unpaired) electrons. The zero-order valence-corrected chi connectivity index (χ0v) is 20.0. The molecule has 2 aromatic rings. The maximum atomic E-state index is 14.0. The number of sulfonamides is 1. The van der Waals surface area contributed by atoms with Crippen molar-refractivity contribution in [2.24, 2.45) is 5.92 Å². The second kappa shape index (κ2) is 10.8. The SMILES string of the molecule is O=C(NCCc1ccc(N2CCCCC2)cc1)C1CCN(S(=O)(=O)c2cc(F)ccc2F)CC1. The van der Waals surface area contributed by atoms with Gasteiger partial charge in [0.15, 0.2) is 0 Å². The van der Waals surface area contributed by atoms with Crippen molar-refractivity contribution < 1.29 is 22.0 Å². The molecular weight excluding hydrogens is 460 g/mol. The van der Waals surface area contributed by atoms with Crippen LogP contribution in [0.2, 0.25) is 0 Å². The number of piperidine rings is 2. The molecule has 2 aromatic carbocycles. The molecular formula is C25H31F2N3O3S. The monoisotopic (exact) mass is 491 g/mol. The van der Waals surface area contributed by atoms with Crippen molar-refractivity contribution in [2.45, 2.75) is 43.4 Å². The molecule has 0 atom stereocenters. The van der Waals surface area contributed by atoms with E-state index in [9.17, 15) is 22.0 Å². The number of nitrogens with one attached hydrogen (secondary N) is 1. The van der Waals surface area contributed by atoms with Crippen molar-refractivity contribution in [1.29, 1.82) is 0 Å². The maximum Gasteiger partial charge on any atom is 0.246 e. The van der Waals surface area contributed by atoms with Crippen LogP contribution in [0, 0.1) is 17.6 Å². The Balaban J connectivity index is 1.23. The molecule has 2 aliphatic rings. The van der Waals surface area contributed by atoms with Crippen molar-refractivity contribution in [3.05, 3.63) is 59.7 Å². The van der Waals surface area contributed by atoms with E-state index in [0.717, 1.165) is 41.5 Å². The van der Waals surface area contributed by atoms with Crippen molar-refractivity contribution in [3.63, 3.8) is 0 Å². The molecule has 0 saturated carbocycles. The Morgan fingerprint density at radius 1 is 0.941 bits per heavy atom. The van der Waals surface area contributed by atoms with Crippen LogP contribution in [-0.2, 0) is 21.2 Å². The highest BCUT2D eigenvalue weighted by molar-refractivity contribution is 7.89. The number of amides is 1. The van der Waals surface area contributed by atoms with Crippen LogP contribution in [0.5, 0.6) is 0 Å². The van der Waals surface area contributed by atoms with Crippen LogP contribution in [0.15, 0.2) is 47.4 Å². The van der Waals surface area contributed by atoms with E-state index in [1.807, 2.05) is 0 Å². The second-order valence-electron chi connectivity index (χ2n) is 9.01. The van der Waals surface area contributed by atoms with Crippen LogP contribution < -0.4 is 10.2 Å². The first-order chi connectivity index (χ1) is 16.3. The molecule has 2 aliphatic heterocycles. The van der Waals surface area contributed by atoms with Crippen LogP contribution in [-0.4, -0.2) is 51.4 Å². The van der Waals surface area contributed by atoms with Gasteiger partial charge in [-0.3, -0.25) is 4.79 Å². The topological polar surface area (TPSA) is 69.7 Å². The highest BCUT2D eigenvalue weighted by atomic mass is 32.2. The van der Waals surface area contributed by atoms with E-state index < -0.39 is 26.6 Å². The Hall–Kier alpha value is -2.52. The fraction of sp³-hybridized carbons (Fsp3) is 0.480. The Morgan fingerprint density at radius 3 is 2.29 bits per heavy atom. The summed E-state index contributed by atoms with van der Waals surface area (Å²) in [5.74, 6) is -2.19. The van der Waals surface area contributed by atoms with Gasteiger partial charge < -0.3 is 10.2 Å². The van der Waals surface area contributed by atoms with Gasteiger partial charge in [-0.25, -0.2) is 17.2 Å². The molecule has 6 nitrogen and oxygen atoms in total. The summed E-state index contributed by atoms with van der Waals surface area (Å²) in [4.78, 5) is 14.3. The average molecular weight is 492 g/mol. The fourth-order valence-corrected chi connectivity index (χ4v) is 6.22. The van der Waals surface area contributed by atoms with Gasteiger partial charge in [-0.05, 0) is 74.4 Å². The lowest BCUT2D eigenvalue weighted by Crippen LogP contribution is -2.43. The quantitative estimate of drug-likeness (QED) is 0.641. The third kappa shape index (κ3) is 5.75. The smallest absolute Gasteiger partial charge is 0.246 e. The molecule has 34 heavy (non-hydrogen) atoms. The number of nitrogens with zero attached hydrogens (tertiary/aromatic N) is 2. The zero-order valence-electron chi connectivity index (χ0n) is 19.2. The number of benzene rings is 2. The van der Waals surface area contributed by atoms with Gasteiger partial charge in [-0.15, -0.1) is 0 Å². The lowest BCUT2D eigenvalue weighted by molar-refractivity contribution is -0.126. The Morgan fingerprint density at radius 2 is 1.62 bits per heavy atom. The number of hydrogen-bond donors (Lipinski definition) is 1. The minimum absolute atomic E-state index is 0.0916. The molecule has 184 valence electrons. The average Bonchev–Trinajstić information content (AvgIpc) is 2.86. The van der Waals surface area contributed by atoms with Gasteiger partial charge in [-0.1, -0.05) is 12.1 Å². The summed E-state index contributed by atoms with van der Waals surface area (Å²) in [6.45, 7) is 2.90. The largest absolute Gasteiger partial charge is 0.372 e. The number of carbonyl (C=O) groups is 1. The fourth-order valence-electron chi connectivity index (χ4n) is 4.67. The second-order valence-corrected chi connectivity index (χ2v) is 10.9. The first kappa shape index (κ1) is 24.6. The van der Waals surface area contributed by atoms with Crippen molar-refractivity contribution >= 4 is 21.6 Å². The molecule has 1 amide bonds. The molecule has 4 rings (SSSR count). The number of rotatable bonds is 7. The summed E-state index contributed by atoms with van der Waals surface area (Å²) >= 11 is 0. The third-order valence-electron chi connectivity index (χ3n) is 6.71. The van der Waals surface area contributed by atoms with Crippen LogP contribution in [0.3, 0.4) is 0 Å². The van der Waals surface area contributed by atoms with Crippen LogP contribution in [0.1, 0.15) is 37.7 Å². The maximum absolute atomic E-state index is 14.0. The van der Waals surface area contributed by atoms with Gasteiger partial charge in [0, 0.05) is 44.3 Å². The van der Waals surface area contributed by atoms with E-state index in [-0.39, 0.29) is 24.9 Å². The summed E-state index contributed by atoms with van der Waals surface area (Å²) in [6.07, 6.45) is 5.17. The summed E-state index contributed by atoms with van der Waals surface area (Å²) in [7, 11) is -4.15. The highest BCUT2D eigenvalue weighted by Crippen LogP contribution is 2.26. The highest BCUT2D eigenvalue weighted by Gasteiger charge is 2.33. The molecule has 2 saturated heterocycles. The van der Waals surface area contributed by atoms with Crippen LogP contribution in [0.25, 0.3) is 0 Å². The van der Waals surface area contributed by atoms with Crippen molar-refractivity contribution in [1.82, 2.24) is 9.62 Å². The summed E-state index contributed by atoms with van der Waals surface area (Å²) in [6, 6.07) is 10.9. The number of hydrogen-bond acceptors (Lipinski definition) is 4. The Labute approximate surface area is 200 Å². The van der Waals surface area contributed by atoms with Gasteiger partial charge in [0.05, 0.1) is 0 Å². The first-order valence-corrected chi connectivity index (χ1v) is 13.4. The lowest BCUT2D eigenvalue weighted by Gasteiger charge is -2.30. The normalized spacial score (nSPS) is 18.1. The van der Waals surface area contributed by atoms with Gasteiger partial charge >= 0.3 is 0 Å². The minimum Gasteiger partial charge on any atom is -0.372 e. The number of anilines is 1. The molecule has 2 fully saturated rings. The molecule has 0 bridgehead atoms. The summed E-state index contributed by atoms with van der Waals surface area (Å²) in [5.41, 5.74) is 2.39. The number of halogens is 2. The molecule has 0 aliphatic carbocycles. The van der Waals surface area contributed by atoms with E-state index in [0.29, 0.717) is 25.5 Å². The van der Waals surface area contributed by atoms with E-state index in [1.54, 1.807) is 0 Å². The molecule has 0 aromatic heterocycles. The van der Waals surface area contributed by atoms with Crippen LogP contribution >= 0.6 is 0 Å². The van der Waals surface area contributed by atoms with Crippen molar-refractivity contribution in [2.75, 3.05) is 37.6 Å². The molecule has 0 spiro atoms. The van der Waals surface area contributed by atoms with Crippen molar-refractivity contribution in [3.8, 4) is 0 Å². The molecule has 0 unspecified atom stereocenters. The number of carbonyl (C=O) groups excluding carboxylic acids is 1. The minimum atomic E-state index is -4.15. The zero-order chi connectivity index (χ0) is 24.1. The molecule has 2 heterocycles. The first-order valence-electron chi connectivity index (χ1n) is 11.9. The predicted octanol–water partition coefficient (Wildman–Crippen LogP) is 3.71. The van der Waals surface area contributed by atoms with Gasteiger partial charge in [0.25, 0.3) is 0 Å². The van der Waals surface area contributed by atoms with E-state index in [2.05, 4.69) is 34.5 Å². The van der Waals surface area contributed by atoms with Gasteiger partial charge in [0.1, 0.15) is 16.5 Å². The lowest BCUT2D eigenvalue weighted by atomic mass is 9.97. The Kier molecular flexibility index (Phi) is 7.83. The van der Waals surface area contributed by atoms with Crippen LogP contribution in [0.4, 0.5) is 14.5 Å². The van der Waals surface area contributed by atoms with Gasteiger partial charge in [-0.2, -0.15) is 4.31 Å². The van der Waals surface area contributed by atoms with E-state index in [4.69, 9.17) is 0 Å². The predicted molar refractivity (Wildman–Crippen MR) is 127 cm³/mol. The van der Waals surface area contributed by atoms with E-state index >= 15 is 0 Å². The van der Waals surface area contributed by atoms with Gasteiger partial charge in [0.2, 0.25) is 15.9 Å². The summed E-state index contributed by atoms with van der Waals surface area (Å²) in [5, 5.41) is 2.95. The van der Waals surface area contributed by atoms with E-state index in [1.165, 1.54) is 24.9 Å². The molecule has 9 heteroatoms. The summed E-state index contributed by atoms with van der Waals surface area (Å²) < 4.78 is 54.0. The third-order valence-corrected chi connectivity index (χ3v) is 8.62. The Bertz CT molecular complexity index is 1090.